The van der Waals surface area contributed by atoms with E-state index in [1.54, 1.807) is 12.7 Å². The van der Waals surface area contributed by atoms with E-state index in [-0.39, 0.29) is 0 Å². The van der Waals surface area contributed by atoms with Crippen molar-refractivity contribution in [3.05, 3.63) is 12.7 Å². The van der Waals surface area contributed by atoms with Crippen molar-refractivity contribution in [2.75, 3.05) is 6.54 Å². The summed E-state index contributed by atoms with van der Waals surface area (Å²) in [6, 6.07) is 0.498. The van der Waals surface area contributed by atoms with Gasteiger partial charge in [-0.1, -0.05) is 19.3 Å². The molecule has 1 heterocycles. The van der Waals surface area contributed by atoms with Gasteiger partial charge in [-0.05, 0) is 32.2 Å². The molecule has 16 heavy (non-hydrogen) atoms. The lowest BCUT2D eigenvalue weighted by Gasteiger charge is -2.24. The summed E-state index contributed by atoms with van der Waals surface area (Å²) < 4.78 is 2.03. The van der Waals surface area contributed by atoms with Crippen molar-refractivity contribution in [3.8, 4) is 0 Å². The molecule has 1 aliphatic carbocycles. The van der Waals surface area contributed by atoms with Crippen LogP contribution in [-0.4, -0.2) is 27.4 Å². The zero-order chi connectivity index (χ0) is 11.2. The maximum atomic E-state index is 3.81. The Bertz CT molecular complexity index is 277. The van der Waals surface area contributed by atoms with Gasteiger partial charge in [-0.3, -0.25) is 0 Å². The Morgan fingerprint density at radius 2 is 1.94 bits per heavy atom. The molecule has 0 bridgehead atoms. The SMILES string of the molecule is CC(Cn1cnnc1)NCC1CCCCC1. The fourth-order valence-corrected chi connectivity index (χ4v) is 2.46. The lowest BCUT2D eigenvalue weighted by atomic mass is 9.89. The molecule has 0 radical (unpaired) electrons. The molecule has 1 aromatic heterocycles. The zero-order valence-corrected chi connectivity index (χ0v) is 10.1. The Balaban J connectivity index is 1.65. The fourth-order valence-electron chi connectivity index (χ4n) is 2.46. The lowest BCUT2D eigenvalue weighted by Crippen LogP contribution is -2.34. The molecule has 1 aromatic rings. The van der Waals surface area contributed by atoms with Crippen LogP contribution in [0.4, 0.5) is 0 Å². The van der Waals surface area contributed by atoms with Crippen LogP contribution >= 0.6 is 0 Å². The van der Waals surface area contributed by atoms with E-state index >= 15 is 0 Å². The van der Waals surface area contributed by atoms with Crippen molar-refractivity contribution >= 4 is 0 Å². The van der Waals surface area contributed by atoms with E-state index in [0.29, 0.717) is 6.04 Å². The van der Waals surface area contributed by atoms with Crippen LogP contribution in [0.25, 0.3) is 0 Å². The molecule has 2 rings (SSSR count). The van der Waals surface area contributed by atoms with Crippen LogP contribution in [0.1, 0.15) is 39.0 Å². The largest absolute Gasteiger partial charge is 0.319 e. The normalized spacial score (nSPS) is 19.8. The molecule has 90 valence electrons. The number of hydrogen-bond acceptors (Lipinski definition) is 3. The highest BCUT2D eigenvalue weighted by molar-refractivity contribution is 4.72. The van der Waals surface area contributed by atoms with Crippen LogP contribution in [0.3, 0.4) is 0 Å². The predicted octanol–water partition coefficient (Wildman–Crippen LogP) is 1.84. The van der Waals surface area contributed by atoms with Crippen molar-refractivity contribution in [2.24, 2.45) is 5.92 Å². The van der Waals surface area contributed by atoms with Crippen molar-refractivity contribution < 1.29 is 0 Å². The van der Waals surface area contributed by atoms with E-state index in [1.165, 1.54) is 38.6 Å². The van der Waals surface area contributed by atoms with E-state index in [1.807, 2.05) is 4.57 Å². The first-order chi connectivity index (χ1) is 7.84. The molecular formula is C12H22N4. The number of hydrogen-bond donors (Lipinski definition) is 1. The van der Waals surface area contributed by atoms with Crippen LogP contribution < -0.4 is 5.32 Å². The van der Waals surface area contributed by atoms with Crippen LogP contribution in [0.5, 0.6) is 0 Å². The van der Waals surface area contributed by atoms with Crippen LogP contribution in [0, 0.1) is 5.92 Å². The monoisotopic (exact) mass is 222 g/mol. The maximum absolute atomic E-state index is 3.81. The number of aromatic nitrogens is 3. The summed E-state index contributed by atoms with van der Waals surface area (Å²) in [5.41, 5.74) is 0. The average molecular weight is 222 g/mol. The highest BCUT2D eigenvalue weighted by atomic mass is 15.2. The Labute approximate surface area is 97.5 Å². The first kappa shape index (κ1) is 11.6. The third kappa shape index (κ3) is 3.59. The van der Waals surface area contributed by atoms with Gasteiger partial charge < -0.3 is 9.88 Å². The first-order valence-electron chi connectivity index (χ1n) is 6.40. The van der Waals surface area contributed by atoms with Gasteiger partial charge >= 0.3 is 0 Å². The van der Waals surface area contributed by atoms with Crippen molar-refractivity contribution in [1.29, 1.82) is 0 Å². The highest BCUT2D eigenvalue weighted by Gasteiger charge is 2.13. The van der Waals surface area contributed by atoms with Crippen LogP contribution in [0.2, 0.25) is 0 Å². The van der Waals surface area contributed by atoms with Crippen LogP contribution in [-0.2, 0) is 6.54 Å². The molecule has 1 atom stereocenters. The zero-order valence-electron chi connectivity index (χ0n) is 10.1. The second kappa shape index (κ2) is 5.99. The minimum absolute atomic E-state index is 0.498. The average Bonchev–Trinajstić information content (AvgIpc) is 2.81. The van der Waals surface area contributed by atoms with E-state index < -0.39 is 0 Å². The minimum atomic E-state index is 0.498. The second-order valence-corrected chi connectivity index (χ2v) is 4.97. The molecule has 0 spiro atoms. The summed E-state index contributed by atoms with van der Waals surface area (Å²) in [6.07, 6.45) is 10.7. The van der Waals surface area contributed by atoms with Crippen molar-refractivity contribution in [1.82, 2.24) is 20.1 Å². The first-order valence-corrected chi connectivity index (χ1v) is 6.40. The van der Waals surface area contributed by atoms with Gasteiger partial charge in [-0.15, -0.1) is 10.2 Å². The van der Waals surface area contributed by atoms with E-state index in [2.05, 4.69) is 22.4 Å². The van der Waals surface area contributed by atoms with Crippen molar-refractivity contribution in [3.63, 3.8) is 0 Å². The van der Waals surface area contributed by atoms with Crippen LogP contribution in [0.15, 0.2) is 12.7 Å². The van der Waals surface area contributed by atoms with Gasteiger partial charge in [0.2, 0.25) is 0 Å². The van der Waals surface area contributed by atoms with Gasteiger partial charge in [0.1, 0.15) is 12.7 Å². The third-order valence-electron chi connectivity index (χ3n) is 3.43. The Hall–Kier alpha value is -0.900. The second-order valence-electron chi connectivity index (χ2n) is 4.97. The maximum Gasteiger partial charge on any atom is 0.119 e. The molecule has 1 saturated carbocycles. The predicted molar refractivity (Wildman–Crippen MR) is 64.1 cm³/mol. The summed E-state index contributed by atoms with van der Waals surface area (Å²) in [5.74, 6) is 0.900. The van der Waals surface area contributed by atoms with E-state index in [4.69, 9.17) is 0 Å². The van der Waals surface area contributed by atoms with Gasteiger partial charge in [-0.2, -0.15) is 0 Å². The van der Waals surface area contributed by atoms with Gasteiger partial charge in [-0.25, -0.2) is 0 Å². The molecule has 0 amide bonds. The minimum Gasteiger partial charge on any atom is -0.319 e. The summed E-state index contributed by atoms with van der Waals surface area (Å²) in [7, 11) is 0. The number of nitrogens with one attached hydrogen (secondary N) is 1. The molecule has 1 fully saturated rings. The topological polar surface area (TPSA) is 42.7 Å². The van der Waals surface area contributed by atoms with E-state index in [0.717, 1.165) is 12.5 Å². The molecule has 1 unspecified atom stereocenters. The summed E-state index contributed by atoms with van der Waals surface area (Å²) in [5, 5.41) is 11.2. The summed E-state index contributed by atoms with van der Waals surface area (Å²) >= 11 is 0. The third-order valence-corrected chi connectivity index (χ3v) is 3.43. The lowest BCUT2D eigenvalue weighted by molar-refractivity contribution is 0.323. The van der Waals surface area contributed by atoms with Gasteiger partial charge in [0.25, 0.3) is 0 Å². The molecule has 1 aliphatic rings. The Morgan fingerprint density at radius 3 is 2.62 bits per heavy atom. The summed E-state index contributed by atoms with van der Waals surface area (Å²) in [6.45, 7) is 4.35. The fraction of sp³-hybridized carbons (Fsp3) is 0.833. The summed E-state index contributed by atoms with van der Waals surface area (Å²) in [4.78, 5) is 0. The molecular weight excluding hydrogens is 200 g/mol. The smallest absolute Gasteiger partial charge is 0.119 e. The molecule has 4 nitrogen and oxygen atoms in total. The quantitative estimate of drug-likeness (QED) is 0.826. The highest BCUT2D eigenvalue weighted by Crippen LogP contribution is 2.22. The standard InChI is InChI=1S/C12H22N4/c1-11(8-16-9-14-15-10-16)13-7-12-5-3-2-4-6-12/h9-13H,2-8H2,1H3. The van der Waals surface area contributed by atoms with Gasteiger partial charge in [0, 0.05) is 12.6 Å². The van der Waals surface area contributed by atoms with Gasteiger partial charge in [0.05, 0.1) is 0 Å². The molecule has 4 heteroatoms. The number of nitrogens with zero attached hydrogens (tertiary/aromatic N) is 3. The molecule has 0 saturated heterocycles. The van der Waals surface area contributed by atoms with Gasteiger partial charge in [0.15, 0.2) is 0 Å². The van der Waals surface area contributed by atoms with Crippen molar-refractivity contribution in [2.45, 2.75) is 51.6 Å². The molecule has 0 aromatic carbocycles. The molecule has 1 N–H and O–H groups in total. The molecule has 0 aliphatic heterocycles. The Morgan fingerprint density at radius 1 is 1.25 bits per heavy atom. The Kier molecular flexibility index (Phi) is 4.34. The van der Waals surface area contributed by atoms with E-state index in [9.17, 15) is 0 Å². The number of rotatable bonds is 5.